The van der Waals surface area contributed by atoms with Crippen LogP contribution in [0.4, 0.5) is 5.69 Å². The smallest absolute Gasteiger partial charge is 0.0701 e. The molecule has 220 valence electrons. The van der Waals surface area contributed by atoms with Crippen molar-refractivity contribution in [1.29, 1.82) is 0 Å². The minimum absolute atomic E-state index is 0.0263. The van der Waals surface area contributed by atoms with Crippen LogP contribution in [0.15, 0.2) is 146 Å². The van der Waals surface area contributed by atoms with Gasteiger partial charge in [0.05, 0.1) is 17.6 Å². The van der Waals surface area contributed by atoms with Gasteiger partial charge in [0.2, 0.25) is 0 Å². The molecule has 0 N–H and O–H groups in total. The lowest BCUT2D eigenvalue weighted by molar-refractivity contribution is 0.825. The number of aromatic nitrogens is 3. The van der Waals surface area contributed by atoms with E-state index in [2.05, 4.69) is 133 Å². The second-order valence-corrected chi connectivity index (χ2v) is 11.8. The standard InChI is InChI=1S/C41H36N4/c1-29-19-21-33-13-7-8-18-38(33)39(29)27-41-30(2)24-34-28-43-45(36-15-5-4-6-16-36)40(34)22-20-31(3)44(41)37-17-11-12-32(26-37)25-35-14-9-10-23-42-35/h4-23,26-28,31H,2,24-25H2,1,3H3/b22-20-,41-27+. The van der Waals surface area contributed by atoms with Gasteiger partial charge in [-0.15, -0.1) is 0 Å². The third-order valence-corrected chi connectivity index (χ3v) is 8.62. The Labute approximate surface area is 265 Å². The lowest BCUT2D eigenvalue weighted by atomic mass is 9.95. The van der Waals surface area contributed by atoms with Crippen LogP contribution in [-0.2, 0) is 12.8 Å². The first kappa shape index (κ1) is 28.3. The zero-order valence-electron chi connectivity index (χ0n) is 25.8. The Kier molecular flexibility index (Phi) is 7.71. The molecule has 4 nitrogen and oxygen atoms in total. The van der Waals surface area contributed by atoms with Gasteiger partial charge in [0.25, 0.3) is 0 Å². The Morgan fingerprint density at radius 3 is 2.51 bits per heavy atom. The van der Waals surface area contributed by atoms with Crippen LogP contribution in [0.25, 0.3) is 28.6 Å². The monoisotopic (exact) mass is 584 g/mol. The van der Waals surface area contributed by atoms with E-state index in [0.717, 1.165) is 46.0 Å². The van der Waals surface area contributed by atoms with E-state index in [9.17, 15) is 0 Å². The Hall–Kier alpha value is -5.48. The van der Waals surface area contributed by atoms with Crippen molar-refractivity contribution in [3.63, 3.8) is 0 Å². The molecule has 0 aliphatic carbocycles. The summed E-state index contributed by atoms with van der Waals surface area (Å²) in [5.41, 5.74) is 11.3. The summed E-state index contributed by atoms with van der Waals surface area (Å²) in [6.45, 7) is 9.19. The maximum absolute atomic E-state index is 4.82. The maximum Gasteiger partial charge on any atom is 0.0701 e. The van der Waals surface area contributed by atoms with Gasteiger partial charge in [0.15, 0.2) is 0 Å². The topological polar surface area (TPSA) is 34.0 Å². The fraction of sp³-hybridized carbons (Fsp3) is 0.122. The zero-order chi connectivity index (χ0) is 30.8. The first-order valence-electron chi connectivity index (χ1n) is 15.5. The van der Waals surface area contributed by atoms with Gasteiger partial charge in [-0.25, -0.2) is 4.68 Å². The molecule has 0 bridgehead atoms. The molecule has 0 fully saturated rings. The first-order valence-corrected chi connectivity index (χ1v) is 15.5. The van der Waals surface area contributed by atoms with E-state index in [-0.39, 0.29) is 6.04 Å². The Bertz CT molecular complexity index is 2050. The van der Waals surface area contributed by atoms with Crippen molar-refractivity contribution in [2.45, 2.75) is 32.7 Å². The first-order chi connectivity index (χ1) is 22.0. The summed E-state index contributed by atoms with van der Waals surface area (Å²) in [7, 11) is 0. The molecule has 1 aliphatic rings. The largest absolute Gasteiger partial charge is 0.335 e. The summed E-state index contributed by atoms with van der Waals surface area (Å²) >= 11 is 0. The molecule has 1 atom stereocenters. The van der Waals surface area contributed by atoms with E-state index < -0.39 is 0 Å². The van der Waals surface area contributed by atoms with Gasteiger partial charge in [-0.05, 0) is 95.4 Å². The number of fused-ring (bicyclic) bond motifs is 2. The second-order valence-electron chi connectivity index (χ2n) is 11.8. The lowest BCUT2D eigenvalue weighted by Gasteiger charge is -2.33. The molecule has 45 heavy (non-hydrogen) atoms. The van der Waals surface area contributed by atoms with Crippen molar-refractivity contribution in [3.05, 3.63) is 179 Å². The molecule has 6 aromatic rings. The zero-order valence-corrected chi connectivity index (χ0v) is 25.8. The number of allylic oxidation sites excluding steroid dienone is 1. The molecule has 0 saturated carbocycles. The molecule has 4 aromatic carbocycles. The predicted octanol–water partition coefficient (Wildman–Crippen LogP) is 9.38. The summed E-state index contributed by atoms with van der Waals surface area (Å²) in [5, 5.41) is 7.29. The summed E-state index contributed by atoms with van der Waals surface area (Å²) in [4.78, 5) is 7.02. The summed E-state index contributed by atoms with van der Waals surface area (Å²) in [6.07, 6.45) is 12.2. The van der Waals surface area contributed by atoms with Gasteiger partial charge in [0.1, 0.15) is 0 Å². The van der Waals surface area contributed by atoms with E-state index in [1.165, 1.54) is 27.5 Å². The third kappa shape index (κ3) is 5.75. The highest BCUT2D eigenvalue weighted by Crippen LogP contribution is 2.35. The molecule has 0 saturated heterocycles. The number of aryl methyl sites for hydroxylation is 1. The molecular formula is C41H36N4. The van der Waals surface area contributed by atoms with Crippen LogP contribution in [0.5, 0.6) is 0 Å². The van der Waals surface area contributed by atoms with E-state index in [1.54, 1.807) is 0 Å². The molecule has 1 unspecified atom stereocenters. The van der Waals surface area contributed by atoms with Crippen LogP contribution in [0, 0.1) is 6.92 Å². The number of hydrogen-bond acceptors (Lipinski definition) is 3. The predicted molar refractivity (Wildman–Crippen MR) is 188 cm³/mol. The van der Waals surface area contributed by atoms with Crippen LogP contribution >= 0.6 is 0 Å². The van der Waals surface area contributed by atoms with Crippen LogP contribution in [0.1, 0.15) is 40.6 Å². The average molecular weight is 585 g/mol. The Morgan fingerprint density at radius 1 is 0.867 bits per heavy atom. The Balaban J connectivity index is 1.40. The minimum Gasteiger partial charge on any atom is -0.335 e. The highest BCUT2D eigenvalue weighted by atomic mass is 15.3. The third-order valence-electron chi connectivity index (χ3n) is 8.62. The van der Waals surface area contributed by atoms with E-state index in [0.29, 0.717) is 6.42 Å². The molecule has 3 heterocycles. The highest BCUT2D eigenvalue weighted by Gasteiger charge is 2.24. The molecule has 7 rings (SSSR count). The highest BCUT2D eigenvalue weighted by molar-refractivity contribution is 5.93. The van der Waals surface area contributed by atoms with Gasteiger partial charge < -0.3 is 4.90 Å². The van der Waals surface area contributed by atoms with Crippen LogP contribution < -0.4 is 4.90 Å². The van der Waals surface area contributed by atoms with E-state index in [4.69, 9.17) is 11.7 Å². The van der Waals surface area contributed by atoms with E-state index >= 15 is 0 Å². The number of benzene rings is 4. The van der Waals surface area contributed by atoms with Crippen LogP contribution in [0.3, 0.4) is 0 Å². The maximum atomic E-state index is 4.82. The second kappa shape index (κ2) is 12.3. The molecule has 1 aliphatic heterocycles. The van der Waals surface area contributed by atoms with Crippen molar-refractivity contribution in [2.24, 2.45) is 0 Å². The van der Waals surface area contributed by atoms with Gasteiger partial charge in [-0.1, -0.05) is 85.5 Å². The van der Waals surface area contributed by atoms with Gasteiger partial charge in [0, 0.05) is 47.7 Å². The number of pyridine rings is 1. The normalized spacial score (nSPS) is 16.7. The number of rotatable bonds is 5. The fourth-order valence-electron chi connectivity index (χ4n) is 6.31. The van der Waals surface area contributed by atoms with Crippen molar-refractivity contribution in [2.75, 3.05) is 4.90 Å². The quantitative estimate of drug-likeness (QED) is 0.202. The average Bonchev–Trinajstić information content (AvgIpc) is 3.48. The molecule has 0 radical (unpaired) electrons. The lowest BCUT2D eigenvalue weighted by Crippen LogP contribution is -2.32. The van der Waals surface area contributed by atoms with Crippen LogP contribution in [0.2, 0.25) is 0 Å². The Morgan fingerprint density at radius 2 is 1.67 bits per heavy atom. The number of anilines is 1. The number of para-hydroxylation sites is 1. The SMILES string of the molecule is C=C1Cc2cnn(-c3ccccc3)c2/C=C\C(C)N(c2cccc(Cc3ccccn3)c2)/C1=C/c1c(C)ccc2ccccc12. The van der Waals surface area contributed by atoms with Gasteiger partial charge >= 0.3 is 0 Å². The summed E-state index contributed by atoms with van der Waals surface area (Å²) in [5.74, 6) is 0. The van der Waals surface area contributed by atoms with Gasteiger partial charge in [-0.3, -0.25) is 4.98 Å². The van der Waals surface area contributed by atoms with Crippen molar-refractivity contribution in [3.8, 4) is 5.69 Å². The molecule has 2 aromatic heterocycles. The van der Waals surface area contributed by atoms with Crippen molar-refractivity contribution in [1.82, 2.24) is 14.8 Å². The van der Waals surface area contributed by atoms with E-state index in [1.807, 2.05) is 35.3 Å². The molecule has 0 amide bonds. The van der Waals surface area contributed by atoms with Gasteiger partial charge in [-0.2, -0.15) is 5.10 Å². The number of hydrogen-bond donors (Lipinski definition) is 0. The number of nitrogens with zero attached hydrogens (tertiary/aromatic N) is 4. The fourth-order valence-corrected chi connectivity index (χ4v) is 6.31. The molecular weight excluding hydrogens is 548 g/mol. The van der Waals surface area contributed by atoms with Crippen LogP contribution in [-0.4, -0.2) is 20.8 Å². The molecule has 4 heteroatoms. The van der Waals surface area contributed by atoms with Crippen molar-refractivity contribution < 1.29 is 0 Å². The minimum atomic E-state index is 0.0263. The van der Waals surface area contributed by atoms with Crippen molar-refractivity contribution >= 4 is 28.6 Å². The summed E-state index contributed by atoms with van der Waals surface area (Å²) in [6, 6.07) is 38.4. The summed E-state index contributed by atoms with van der Waals surface area (Å²) < 4.78 is 2.03. The molecule has 0 spiro atoms.